The van der Waals surface area contributed by atoms with E-state index in [0.717, 1.165) is 12.2 Å². The van der Waals surface area contributed by atoms with Crippen molar-refractivity contribution in [2.24, 2.45) is 17.3 Å². The molecule has 0 spiro atoms. The van der Waals surface area contributed by atoms with Crippen LogP contribution >= 0.6 is 0 Å². The highest BCUT2D eigenvalue weighted by Crippen LogP contribution is 2.41. The number of carbonyl (C=O) groups excluding carboxylic acids is 1. The Kier molecular flexibility index (Phi) is 5.04. The fourth-order valence-corrected chi connectivity index (χ4v) is 3.45. The molecule has 0 aromatic carbocycles. The molecule has 0 saturated heterocycles. The molecule has 1 aliphatic carbocycles. The first-order valence-electron chi connectivity index (χ1n) is 7.85. The first-order chi connectivity index (χ1) is 9.90. The van der Waals surface area contributed by atoms with E-state index in [1.165, 1.54) is 0 Å². The summed E-state index contributed by atoms with van der Waals surface area (Å²) in [4.78, 5) is 12.7. The zero-order valence-electron chi connectivity index (χ0n) is 13.6. The smallest absolute Gasteiger partial charge is 0.138 e. The molecule has 1 aromatic rings. The van der Waals surface area contributed by atoms with Crippen LogP contribution in [0.25, 0.3) is 0 Å². The molecule has 3 nitrogen and oxygen atoms in total. The molecule has 1 aliphatic rings. The second kappa shape index (κ2) is 6.61. The number of nitrogens with one attached hydrogen (secondary N) is 1. The van der Waals surface area contributed by atoms with Gasteiger partial charge in [-0.1, -0.05) is 32.9 Å². The quantitative estimate of drug-likeness (QED) is 0.806. The molecular weight excluding hydrogens is 262 g/mol. The molecule has 1 aromatic heterocycles. The maximum Gasteiger partial charge on any atom is 0.138 e. The maximum absolute atomic E-state index is 12.7. The lowest BCUT2D eigenvalue weighted by Crippen LogP contribution is -2.40. The Bertz CT molecular complexity index is 487. The van der Waals surface area contributed by atoms with Crippen LogP contribution in [0, 0.1) is 17.3 Å². The molecule has 0 unspecified atom stereocenters. The number of carbonyl (C=O) groups is 1. The minimum absolute atomic E-state index is 0.0615. The Balaban J connectivity index is 1.89. The molecule has 21 heavy (non-hydrogen) atoms. The van der Waals surface area contributed by atoms with E-state index < -0.39 is 0 Å². The first kappa shape index (κ1) is 16.0. The van der Waals surface area contributed by atoms with Crippen LogP contribution in [-0.4, -0.2) is 11.8 Å². The Labute approximate surface area is 127 Å². The summed E-state index contributed by atoms with van der Waals surface area (Å²) in [6.45, 7) is 9.30. The van der Waals surface area contributed by atoms with Crippen LogP contribution in [0.3, 0.4) is 0 Å². The second-order valence-electron chi connectivity index (χ2n) is 6.99. The number of hydrogen-bond acceptors (Lipinski definition) is 3. The van der Waals surface area contributed by atoms with Crippen molar-refractivity contribution in [3.8, 4) is 0 Å². The summed E-state index contributed by atoms with van der Waals surface area (Å²) in [5, 5.41) is 3.36. The summed E-state index contributed by atoms with van der Waals surface area (Å²) < 4.78 is 5.30. The second-order valence-corrected chi connectivity index (χ2v) is 6.99. The fraction of sp³-hybridized carbons (Fsp3) is 0.611. The molecule has 0 bridgehead atoms. The van der Waals surface area contributed by atoms with Gasteiger partial charge < -0.3 is 9.73 Å². The summed E-state index contributed by atoms with van der Waals surface area (Å²) in [6, 6.07) is 3.99. The number of Topliss-reactive ketones (excluding diaryl/α,β-unsaturated/α-hetero) is 1. The molecule has 0 amide bonds. The average Bonchev–Trinajstić information content (AvgIpc) is 2.88. The summed E-state index contributed by atoms with van der Waals surface area (Å²) in [5.74, 6) is 1.73. The lowest BCUT2D eigenvalue weighted by molar-refractivity contribution is -0.128. The fourth-order valence-electron chi connectivity index (χ4n) is 3.45. The van der Waals surface area contributed by atoms with Crippen molar-refractivity contribution >= 4 is 5.78 Å². The van der Waals surface area contributed by atoms with Crippen molar-refractivity contribution < 1.29 is 9.21 Å². The van der Waals surface area contributed by atoms with Crippen molar-refractivity contribution in [1.82, 2.24) is 5.32 Å². The number of furan rings is 1. The molecule has 0 aliphatic heterocycles. The number of rotatable bonds is 6. The van der Waals surface area contributed by atoms with Crippen LogP contribution in [0.1, 0.15) is 46.3 Å². The highest BCUT2D eigenvalue weighted by atomic mass is 16.3. The molecule has 1 N–H and O–H groups in total. The molecule has 0 fully saturated rings. The first-order valence-corrected chi connectivity index (χ1v) is 7.85. The normalized spacial score (nSPS) is 25.7. The molecule has 1 heterocycles. The molecule has 0 saturated carbocycles. The Morgan fingerprint density at radius 2 is 2.29 bits per heavy atom. The standard InChI is InChI=1S/C18H27NO2/c1-13-7-5-9-18(3,4)17(13)16(20)11-14(2)19-12-15-8-6-10-21-15/h5-8,10,13-14,17,19H,9,11-12H2,1-4H3/t13-,14-,17-/m1/s1. The van der Waals surface area contributed by atoms with E-state index >= 15 is 0 Å². The molecule has 3 heteroatoms. The van der Waals surface area contributed by atoms with E-state index in [-0.39, 0.29) is 17.4 Å². The van der Waals surface area contributed by atoms with Crippen LogP contribution in [0.5, 0.6) is 0 Å². The molecule has 2 rings (SSSR count). The van der Waals surface area contributed by atoms with Gasteiger partial charge in [0.2, 0.25) is 0 Å². The van der Waals surface area contributed by atoms with Gasteiger partial charge in [-0.15, -0.1) is 0 Å². The third-order valence-electron chi connectivity index (χ3n) is 4.51. The zero-order chi connectivity index (χ0) is 15.5. The van der Waals surface area contributed by atoms with Crippen molar-refractivity contribution in [1.29, 1.82) is 0 Å². The van der Waals surface area contributed by atoms with E-state index in [9.17, 15) is 4.79 Å². The minimum Gasteiger partial charge on any atom is -0.468 e. The van der Waals surface area contributed by atoms with Gasteiger partial charge in [0, 0.05) is 18.4 Å². The molecule has 3 atom stereocenters. The highest BCUT2D eigenvalue weighted by Gasteiger charge is 2.39. The molecular formula is C18H27NO2. The van der Waals surface area contributed by atoms with Gasteiger partial charge in [-0.3, -0.25) is 4.79 Å². The van der Waals surface area contributed by atoms with E-state index in [0.29, 0.717) is 24.7 Å². The van der Waals surface area contributed by atoms with Crippen LogP contribution in [-0.2, 0) is 11.3 Å². The zero-order valence-corrected chi connectivity index (χ0v) is 13.6. The predicted octanol–water partition coefficient (Wildman–Crippen LogP) is 3.96. The summed E-state index contributed by atoms with van der Waals surface area (Å²) >= 11 is 0. The largest absolute Gasteiger partial charge is 0.468 e. The Morgan fingerprint density at radius 3 is 2.90 bits per heavy atom. The Hall–Kier alpha value is -1.35. The summed E-state index contributed by atoms with van der Waals surface area (Å²) in [5.41, 5.74) is 0.0615. The SMILES string of the molecule is C[C@H](CC(=O)[C@H]1[C@H](C)C=CCC1(C)C)NCc1ccco1. The predicted molar refractivity (Wildman–Crippen MR) is 84.8 cm³/mol. The van der Waals surface area contributed by atoms with Crippen LogP contribution in [0.4, 0.5) is 0 Å². The third kappa shape index (κ3) is 4.07. The molecule has 116 valence electrons. The van der Waals surface area contributed by atoms with E-state index in [1.54, 1.807) is 6.26 Å². The van der Waals surface area contributed by atoms with Gasteiger partial charge in [-0.05, 0) is 36.8 Å². The van der Waals surface area contributed by atoms with Crippen LogP contribution in [0.2, 0.25) is 0 Å². The minimum atomic E-state index is 0.0615. The van der Waals surface area contributed by atoms with Crippen molar-refractivity contribution in [2.75, 3.05) is 0 Å². The monoisotopic (exact) mass is 289 g/mol. The van der Waals surface area contributed by atoms with Gasteiger partial charge in [0.25, 0.3) is 0 Å². The maximum atomic E-state index is 12.7. The van der Waals surface area contributed by atoms with E-state index in [1.807, 2.05) is 12.1 Å². The van der Waals surface area contributed by atoms with Gasteiger partial charge in [0.05, 0.1) is 12.8 Å². The van der Waals surface area contributed by atoms with Gasteiger partial charge in [0.15, 0.2) is 0 Å². The topological polar surface area (TPSA) is 42.2 Å². The number of hydrogen-bond donors (Lipinski definition) is 1. The van der Waals surface area contributed by atoms with Gasteiger partial charge in [-0.25, -0.2) is 0 Å². The number of allylic oxidation sites excluding steroid dienone is 2. The average molecular weight is 289 g/mol. The van der Waals surface area contributed by atoms with Gasteiger partial charge >= 0.3 is 0 Å². The van der Waals surface area contributed by atoms with Gasteiger partial charge in [-0.2, -0.15) is 0 Å². The lowest BCUT2D eigenvalue weighted by Gasteiger charge is -2.39. The van der Waals surface area contributed by atoms with Crippen molar-refractivity contribution in [3.63, 3.8) is 0 Å². The molecule has 0 radical (unpaired) electrons. The Morgan fingerprint density at radius 1 is 1.52 bits per heavy atom. The van der Waals surface area contributed by atoms with Crippen molar-refractivity contribution in [3.05, 3.63) is 36.3 Å². The van der Waals surface area contributed by atoms with E-state index in [2.05, 4.69) is 45.2 Å². The van der Waals surface area contributed by atoms with E-state index in [4.69, 9.17) is 4.42 Å². The lowest BCUT2D eigenvalue weighted by atomic mass is 9.65. The number of ketones is 1. The highest BCUT2D eigenvalue weighted by molar-refractivity contribution is 5.83. The van der Waals surface area contributed by atoms with Crippen LogP contribution < -0.4 is 5.32 Å². The van der Waals surface area contributed by atoms with Crippen molar-refractivity contribution in [2.45, 2.75) is 53.1 Å². The summed E-state index contributed by atoms with van der Waals surface area (Å²) in [7, 11) is 0. The van der Waals surface area contributed by atoms with Gasteiger partial charge in [0.1, 0.15) is 11.5 Å². The third-order valence-corrected chi connectivity index (χ3v) is 4.51. The van der Waals surface area contributed by atoms with Crippen LogP contribution in [0.15, 0.2) is 35.0 Å². The summed E-state index contributed by atoms with van der Waals surface area (Å²) in [6.07, 6.45) is 7.64.